The molecule has 1 aromatic rings. The van der Waals surface area contributed by atoms with Gasteiger partial charge in [0.05, 0.1) is 11.4 Å². The molecule has 3 aliphatic rings. The minimum absolute atomic E-state index is 0.592. The Hall–Kier alpha value is -1.22. The fraction of sp³-hybridized carbons (Fsp3) is 0.571. The molecule has 0 saturated heterocycles. The molecule has 90 valence electrons. The molecule has 1 fully saturated rings. The minimum Gasteiger partial charge on any atom is -0.382 e. The zero-order chi connectivity index (χ0) is 11.2. The minimum atomic E-state index is 0.592. The molecule has 2 heterocycles. The molecule has 0 amide bonds. The molecule has 1 aliphatic carbocycles. The first-order chi connectivity index (χ1) is 8.43. The summed E-state index contributed by atoms with van der Waals surface area (Å²) in [6, 6.07) is 7.34. The topological polar surface area (TPSA) is 27.3 Å². The Labute approximate surface area is 102 Å². The quantitative estimate of drug-likeness (QED) is 0.771. The van der Waals surface area contributed by atoms with E-state index in [9.17, 15) is 0 Å². The lowest BCUT2D eigenvalue weighted by molar-refractivity contribution is 0.498. The van der Waals surface area contributed by atoms with Crippen LogP contribution in [0.5, 0.6) is 0 Å². The zero-order valence-corrected chi connectivity index (χ0v) is 10.1. The fourth-order valence-corrected chi connectivity index (χ4v) is 3.28. The van der Waals surface area contributed by atoms with Gasteiger partial charge in [-0.2, -0.15) is 0 Å². The molecule has 0 bridgehead atoms. The molecule has 3 nitrogen and oxygen atoms in total. The Kier molecular flexibility index (Phi) is 2.09. The second kappa shape index (κ2) is 3.64. The highest BCUT2D eigenvalue weighted by Gasteiger charge is 2.36. The van der Waals surface area contributed by atoms with Crippen LogP contribution in [0.2, 0.25) is 0 Å². The summed E-state index contributed by atoms with van der Waals surface area (Å²) >= 11 is 0. The maximum Gasteiger partial charge on any atom is 0.0651 e. The average Bonchev–Trinajstić information content (AvgIpc) is 3.17. The van der Waals surface area contributed by atoms with E-state index in [0.29, 0.717) is 6.04 Å². The molecule has 1 atom stereocenters. The van der Waals surface area contributed by atoms with E-state index in [1.165, 1.54) is 29.8 Å². The number of nitrogens with zero attached hydrogens (tertiary/aromatic N) is 1. The SMILES string of the molecule is c1cc2c3c(c1)C(C1CC1)NCCN3CCN2. The summed E-state index contributed by atoms with van der Waals surface area (Å²) in [5.74, 6) is 0.878. The predicted molar refractivity (Wildman–Crippen MR) is 70.6 cm³/mol. The molecule has 4 rings (SSSR count). The van der Waals surface area contributed by atoms with Gasteiger partial charge in [-0.05, 0) is 30.4 Å². The van der Waals surface area contributed by atoms with E-state index < -0.39 is 0 Å². The summed E-state index contributed by atoms with van der Waals surface area (Å²) in [5, 5.41) is 7.29. The van der Waals surface area contributed by atoms with Crippen LogP contribution in [0.1, 0.15) is 24.4 Å². The summed E-state index contributed by atoms with van der Waals surface area (Å²) in [6.07, 6.45) is 2.80. The third kappa shape index (κ3) is 1.53. The number of hydrogen-bond acceptors (Lipinski definition) is 3. The maximum atomic E-state index is 3.75. The highest BCUT2D eigenvalue weighted by molar-refractivity contribution is 5.76. The Morgan fingerprint density at radius 1 is 1.12 bits per heavy atom. The van der Waals surface area contributed by atoms with Gasteiger partial charge < -0.3 is 15.5 Å². The highest BCUT2D eigenvalue weighted by atomic mass is 15.2. The summed E-state index contributed by atoms with van der Waals surface area (Å²) in [4.78, 5) is 2.55. The van der Waals surface area contributed by atoms with Gasteiger partial charge in [-0.15, -0.1) is 0 Å². The molecule has 2 aliphatic heterocycles. The lowest BCUT2D eigenvalue weighted by atomic mass is 9.98. The van der Waals surface area contributed by atoms with E-state index in [2.05, 4.69) is 33.7 Å². The molecule has 3 heteroatoms. The summed E-state index contributed by atoms with van der Waals surface area (Å²) in [6.45, 7) is 4.48. The van der Waals surface area contributed by atoms with Gasteiger partial charge in [0.2, 0.25) is 0 Å². The molecule has 0 aromatic heterocycles. The zero-order valence-electron chi connectivity index (χ0n) is 10.1. The van der Waals surface area contributed by atoms with E-state index in [1.54, 1.807) is 0 Å². The van der Waals surface area contributed by atoms with Gasteiger partial charge in [0, 0.05) is 32.2 Å². The first kappa shape index (κ1) is 9.77. The fourth-order valence-electron chi connectivity index (χ4n) is 3.28. The first-order valence-corrected chi connectivity index (χ1v) is 6.78. The van der Waals surface area contributed by atoms with Crippen LogP contribution in [-0.2, 0) is 0 Å². The van der Waals surface area contributed by atoms with E-state index >= 15 is 0 Å². The molecule has 17 heavy (non-hydrogen) atoms. The van der Waals surface area contributed by atoms with Crippen LogP contribution in [0.25, 0.3) is 0 Å². The van der Waals surface area contributed by atoms with Crippen molar-refractivity contribution >= 4 is 11.4 Å². The molecule has 0 spiro atoms. The van der Waals surface area contributed by atoms with Gasteiger partial charge in [0.1, 0.15) is 0 Å². The number of para-hydroxylation sites is 1. The third-order valence-electron chi connectivity index (χ3n) is 4.26. The second-order valence-corrected chi connectivity index (χ2v) is 5.43. The number of benzene rings is 1. The van der Waals surface area contributed by atoms with Gasteiger partial charge in [-0.25, -0.2) is 0 Å². The molecule has 1 aromatic carbocycles. The molecule has 2 N–H and O–H groups in total. The van der Waals surface area contributed by atoms with Crippen LogP contribution in [0.3, 0.4) is 0 Å². The van der Waals surface area contributed by atoms with E-state index in [1.807, 2.05) is 0 Å². The molecular weight excluding hydrogens is 210 g/mol. The van der Waals surface area contributed by atoms with Crippen LogP contribution >= 0.6 is 0 Å². The van der Waals surface area contributed by atoms with Gasteiger partial charge in [-0.1, -0.05) is 12.1 Å². The monoisotopic (exact) mass is 229 g/mol. The van der Waals surface area contributed by atoms with Gasteiger partial charge in [0.15, 0.2) is 0 Å². The molecular formula is C14H19N3. The summed E-state index contributed by atoms with van der Waals surface area (Å²) in [7, 11) is 0. The number of hydrogen-bond donors (Lipinski definition) is 2. The van der Waals surface area contributed by atoms with Crippen molar-refractivity contribution in [2.75, 3.05) is 36.4 Å². The van der Waals surface area contributed by atoms with E-state index in [0.717, 1.165) is 32.1 Å². The largest absolute Gasteiger partial charge is 0.382 e. The summed E-state index contributed by atoms with van der Waals surface area (Å²) < 4.78 is 0. The van der Waals surface area contributed by atoms with Crippen molar-refractivity contribution in [1.82, 2.24) is 5.32 Å². The predicted octanol–water partition coefficient (Wildman–Crippen LogP) is 1.97. The smallest absolute Gasteiger partial charge is 0.0651 e. The number of rotatable bonds is 1. The Morgan fingerprint density at radius 2 is 2.00 bits per heavy atom. The first-order valence-electron chi connectivity index (χ1n) is 6.78. The van der Waals surface area contributed by atoms with Crippen molar-refractivity contribution in [3.8, 4) is 0 Å². The van der Waals surface area contributed by atoms with Crippen molar-refractivity contribution in [2.24, 2.45) is 5.92 Å². The third-order valence-corrected chi connectivity index (χ3v) is 4.26. The Bertz CT molecular complexity index is 439. The maximum absolute atomic E-state index is 3.75. The van der Waals surface area contributed by atoms with Gasteiger partial charge >= 0.3 is 0 Å². The highest BCUT2D eigenvalue weighted by Crippen LogP contribution is 2.46. The Morgan fingerprint density at radius 3 is 2.88 bits per heavy atom. The second-order valence-electron chi connectivity index (χ2n) is 5.43. The number of anilines is 2. The number of nitrogens with one attached hydrogen (secondary N) is 2. The lowest BCUT2D eigenvalue weighted by Gasteiger charge is -2.32. The van der Waals surface area contributed by atoms with Crippen molar-refractivity contribution in [1.29, 1.82) is 0 Å². The molecule has 0 radical (unpaired) electrons. The van der Waals surface area contributed by atoms with Crippen molar-refractivity contribution in [3.05, 3.63) is 23.8 Å². The van der Waals surface area contributed by atoms with Crippen molar-refractivity contribution in [2.45, 2.75) is 18.9 Å². The van der Waals surface area contributed by atoms with Crippen LogP contribution in [0, 0.1) is 5.92 Å². The normalized spacial score (nSPS) is 27.1. The van der Waals surface area contributed by atoms with Crippen LogP contribution in [-0.4, -0.2) is 26.2 Å². The van der Waals surface area contributed by atoms with Crippen molar-refractivity contribution < 1.29 is 0 Å². The van der Waals surface area contributed by atoms with E-state index in [-0.39, 0.29) is 0 Å². The van der Waals surface area contributed by atoms with Crippen LogP contribution < -0.4 is 15.5 Å². The lowest BCUT2D eigenvalue weighted by Crippen LogP contribution is -2.36. The standard InChI is InChI=1S/C14H19N3/c1-2-11-13(10-4-5-10)16-7-9-17-8-6-15-12(3-1)14(11)17/h1-3,10,13,15-16H,4-9H2. The Balaban J connectivity index is 1.85. The van der Waals surface area contributed by atoms with Crippen molar-refractivity contribution in [3.63, 3.8) is 0 Å². The van der Waals surface area contributed by atoms with Crippen LogP contribution in [0.4, 0.5) is 11.4 Å². The average molecular weight is 229 g/mol. The molecule has 1 unspecified atom stereocenters. The van der Waals surface area contributed by atoms with Gasteiger partial charge in [-0.3, -0.25) is 0 Å². The van der Waals surface area contributed by atoms with E-state index in [4.69, 9.17) is 0 Å². The molecule has 1 saturated carbocycles. The van der Waals surface area contributed by atoms with Crippen LogP contribution in [0.15, 0.2) is 18.2 Å². The summed E-state index contributed by atoms with van der Waals surface area (Å²) in [5.41, 5.74) is 4.33. The van der Waals surface area contributed by atoms with Gasteiger partial charge in [0.25, 0.3) is 0 Å².